The van der Waals surface area contributed by atoms with Crippen LogP contribution < -0.4 is 4.90 Å². The highest BCUT2D eigenvalue weighted by molar-refractivity contribution is 5.94. The SMILES string of the molecule is CC.Cc1cnc2n1CC(=O)N2C. The first-order valence-corrected chi connectivity index (χ1v) is 4.49. The molecule has 1 amide bonds. The van der Waals surface area contributed by atoms with Gasteiger partial charge in [-0.3, -0.25) is 9.69 Å². The van der Waals surface area contributed by atoms with Gasteiger partial charge in [0.05, 0.1) is 6.20 Å². The molecule has 0 fully saturated rings. The molecule has 0 saturated heterocycles. The van der Waals surface area contributed by atoms with Gasteiger partial charge in [0, 0.05) is 12.7 Å². The molecule has 4 nitrogen and oxygen atoms in total. The second kappa shape index (κ2) is 3.60. The van der Waals surface area contributed by atoms with Gasteiger partial charge < -0.3 is 4.57 Å². The third-order valence-corrected chi connectivity index (χ3v) is 2.00. The second-order valence-corrected chi connectivity index (χ2v) is 2.74. The van der Waals surface area contributed by atoms with Crippen molar-refractivity contribution in [3.8, 4) is 0 Å². The van der Waals surface area contributed by atoms with Crippen molar-refractivity contribution in [1.82, 2.24) is 9.55 Å². The molecule has 2 heterocycles. The lowest BCUT2D eigenvalue weighted by atomic mass is 10.5. The lowest BCUT2D eigenvalue weighted by Gasteiger charge is -2.02. The monoisotopic (exact) mass is 181 g/mol. The summed E-state index contributed by atoms with van der Waals surface area (Å²) in [5, 5.41) is 0. The van der Waals surface area contributed by atoms with Crippen LogP contribution in [0.5, 0.6) is 0 Å². The van der Waals surface area contributed by atoms with E-state index < -0.39 is 0 Å². The van der Waals surface area contributed by atoms with Crippen molar-refractivity contribution in [3.63, 3.8) is 0 Å². The van der Waals surface area contributed by atoms with Crippen molar-refractivity contribution < 1.29 is 4.79 Å². The van der Waals surface area contributed by atoms with E-state index in [4.69, 9.17) is 0 Å². The molecule has 0 atom stereocenters. The van der Waals surface area contributed by atoms with Gasteiger partial charge >= 0.3 is 0 Å². The minimum absolute atomic E-state index is 0.108. The fourth-order valence-electron chi connectivity index (χ4n) is 1.26. The number of hydrogen-bond acceptors (Lipinski definition) is 2. The van der Waals surface area contributed by atoms with Crippen LogP contribution in [0.3, 0.4) is 0 Å². The topological polar surface area (TPSA) is 38.1 Å². The molecule has 0 aliphatic carbocycles. The highest BCUT2D eigenvalue weighted by atomic mass is 16.2. The maximum atomic E-state index is 11.1. The van der Waals surface area contributed by atoms with E-state index in [-0.39, 0.29) is 5.91 Å². The third-order valence-electron chi connectivity index (χ3n) is 2.00. The molecule has 2 rings (SSSR count). The summed E-state index contributed by atoms with van der Waals surface area (Å²) in [5.41, 5.74) is 1.04. The Morgan fingerprint density at radius 3 is 2.62 bits per heavy atom. The van der Waals surface area contributed by atoms with E-state index in [1.54, 1.807) is 18.1 Å². The predicted molar refractivity (Wildman–Crippen MR) is 51.7 cm³/mol. The molecule has 72 valence electrons. The molecular weight excluding hydrogens is 166 g/mol. The molecular formula is C9H15N3O. The average molecular weight is 181 g/mol. The van der Waals surface area contributed by atoms with Crippen LogP contribution in [0, 0.1) is 6.92 Å². The summed E-state index contributed by atoms with van der Waals surface area (Å²) in [5.74, 6) is 0.865. The molecule has 13 heavy (non-hydrogen) atoms. The fourth-order valence-corrected chi connectivity index (χ4v) is 1.26. The molecule has 0 saturated carbocycles. The van der Waals surface area contributed by atoms with Crippen LogP contribution in [0.4, 0.5) is 5.95 Å². The largest absolute Gasteiger partial charge is 0.305 e. The third kappa shape index (κ3) is 1.43. The van der Waals surface area contributed by atoms with Gasteiger partial charge in [-0.1, -0.05) is 13.8 Å². The van der Waals surface area contributed by atoms with Crippen LogP contribution >= 0.6 is 0 Å². The van der Waals surface area contributed by atoms with Gasteiger partial charge in [0.2, 0.25) is 11.9 Å². The number of anilines is 1. The van der Waals surface area contributed by atoms with Crippen LogP contribution in [-0.2, 0) is 11.3 Å². The summed E-state index contributed by atoms with van der Waals surface area (Å²) < 4.78 is 1.91. The Bertz CT molecular complexity index is 317. The van der Waals surface area contributed by atoms with E-state index in [9.17, 15) is 4.79 Å². The zero-order valence-electron chi connectivity index (χ0n) is 8.53. The van der Waals surface area contributed by atoms with Gasteiger partial charge in [0.1, 0.15) is 6.54 Å². The van der Waals surface area contributed by atoms with Crippen molar-refractivity contribution in [2.75, 3.05) is 11.9 Å². The van der Waals surface area contributed by atoms with E-state index in [1.807, 2.05) is 25.3 Å². The first-order chi connectivity index (χ1) is 6.20. The zero-order valence-corrected chi connectivity index (χ0v) is 8.53. The Morgan fingerprint density at radius 1 is 1.46 bits per heavy atom. The van der Waals surface area contributed by atoms with Crippen molar-refractivity contribution >= 4 is 11.9 Å². The van der Waals surface area contributed by atoms with Crippen LogP contribution in [0.2, 0.25) is 0 Å². The lowest BCUT2D eigenvalue weighted by molar-refractivity contribution is -0.117. The van der Waals surface area contributed by atoms with E-state index in [2.05, 4.69) is 4.98 Å². The van der Waals surface area contributed by atoms with E-state index in [1.165, 1.54) is 0 Å². The van der Waals surface area contributed by atoms with Crippen LogP contribution in [0.15, 0.2) is 6.20 Å². The van der Waals surface area contributed by atoms with E-state index in [0.717, 1.165) is 11.6 Å². The van der Waals surface area contributed by atoms with Gasteiger partial charge in [0.15, 0.2) is 0 Å². The molecule has 1 aromatic rings. The molecule has 0 radical (unpaired) electrons. The molecule has 1 aliphatic rings. The number of hydrogen-bond donors (Lipinski definition) is 0. The molecule has 0 spiro atoms. The van der Waals surface area contributed by atoms with Gasteiger partial charge in [-0.15, -0.1) is 0 Å². The van der Waals surface area contributed by atoms with Crippen molar-refractivity contribution in [2.45, 2.75) is 27.3 Å². The van der Waals surface area contributed by atoms with Crippen LogP contribution in [0.1, 0.15) is 19.5 Å². The quantitative estimate of drug-likeness (QED) is 0.603. The summed E-state index contributed by atoms with van der Waals surface area (Å²) >= 11 is 0. The molecule has 0 unspecified atom stereocenters. The number of fused-ring (bicyclic) bond motifs is 1. The van der Waals surface area contributed by atoms with Gasteiger partial charge in [-0.2, -0.15) is 0 Å². The van der Waals surface area contributed by atoms with Gasteiger partial charge in [0.25, 0.3) is 0 Å². The fraction of sp³-hybridized carbons (Fsp3) is 0.556. The smallest absolute Gasteiger partial charge is 0.249 e. The summed E-state index contributed by atoms with van der Waals surface area (Å²) in [4.78, 5) is 16.8. The van der Waals surface area contributed by atoms with Crippen molar-refractivity contribution in [3.05, 3.63) is 11.9 Å². The Hall–Kier alpha value is -1.32. The normalized spacial score (nSPS) is 13.8. The lowest BCUT2D eigenvalue weighted by Crippen LogP contribution is -2.21. The van der Waals surface area contributed by atoms with Gasteiger partial charge in [-0.05, 0) is 6.92 Å². The Morgan fingerprint density at radius 2 is 2.08 bits per heavy atom. The number of imidazole rings is 1. The van der Waals surface area contributed by atoms with Crippen molar-refractivity contribution in [2.24, 2.45) is 0 Å². The highest BCUT2D eigenvalue weighted by Crippen LogP contribution is 2.19. The molecule has 1 aliphatic heterocycles. The number of carbonyl (C=O) groups excluding carboxylic acids is 1. The van der Waals surface area contributed by atoms with Gasteiger partial charge in [-0.25, -0.2) is 4.98 Å². The second-order valence-electron chi connectivity index (χ2n) is 2.74. The van der Waals surface area contributed by atoms with Crippen LogP contribution in [-0.4, -0.2) is 22.5 Å². The standard InChI is InChI=1S/C7H9N3O.C2H6/c1-5-3-8-7-9(2)6(11)4-10(5)7;1-2/h3H,4H2,1-2H3;1-2H3. The zero-order chi connectivity index (χ0) is 10.0. The maximum absolute atomic E-state index is 11.1. The number of carbonyl (C=O) groups is 1. The first kappa shape index (κ1) is 9.77. The number of nitrogens with zero attached hydrogens (tertiary/aromatic N) is 3. The molecule has 0 bridgehead atoms. The Labute approximate surface area is 78.2 Å². The Balaban J connectivity index is 0.000000396. The summed E-state index contributed by atoms with van der Waals surface area (Å²) in [7, 11) is 1.74. The molecule has 1 aromatic heterocycles. The minimum Gasteiger partial charge on any atom is -0.305 e. The summed E-state index contributed by atoms with van der Waals surface area (Å²) in [6, 6.07) is 0. The number of aromatic nitrogens is 2. The molecule has 0 aromatic carbocycles. The molecule has 4 heteroatoms. The number of aryl methyl sites for hydroxylation is 1. The van der Waals surface area contributed by atoms with E-state index in [0.29, 0.717) is 6.54 Å². The highest BCUT2D eigenvalue weighted by Gasteiger charge is 2.25. The number of likely N-dealkylation sites (N-methyl/N-ethyl adjacent to an activating group) is 1. The summed E-state index contributed by atoms with van der Waals surface area (Å²) in [6.45, 7) is 6.39. The van der Waals surface area contributed by atoms with E-state index >= 15 is 0 Å². The maximum Gasteiger partial charge on any atom is 0.249 e. The number of amides is 1. The summed E-state index contributed by atoms with van der Waals surface area (Å²) in [6.07, 6.45) is 1.78. The van der Waals surface area contributed by atoms with Crippen molar-refractivity contribution in [1.29, 1.82) is 0 Å². The average Bonchev–Trinajstić information content (AvgIpc) is 2.62. The number of rotatable bonds is 0. The molecule has 0 N–H and O–H groups in total. The minimum atomic E-state index is 0.108. The first-order valence-electron chi connectivity index (χ1n) is 4.49. The Kier molecular flexibility index (Phi) is 2.70. The van der Waals surface area contributed by atoms with Crippen LogP contribution in [0.25, 0.3) is 0 Å². The predicted octanol–water partition coefficient (Wildman–Crippen LogP) is 1.19.